The Balaban J connectivity index is 2.09. The summed E-state index contributed by atoms with van der Waals surface area (Å²) in [6, 6.07) is 2.45. The summed E-state index contributed by atoms with van der Waals surface area (Å²) >= 11 is 5.90. The second-order valence-corrected chi connectivity index (χ2v) is 5.26. The Morgan fingerprint density at radius 2 is 2.32 bits per heavy atom. The zero-order chi connectivity index (χ0) is 13.5. The Bertz CT molecular complexity index is 387. The molecule has 1 aliphatic rings. The van der Waals surface area contributed by atoms with Crippen molar-refractivity contribution in [3.05, 3.63) is 12.4 Å². The van der Waals surface area contributed by atoms with Crippen LogP contribution in [0.2, 0.25) is 0 Å². The van der Waals surface area contributed by atoms with Crippen molar-refractivity contribution in [3.8, 4) is 5.88 Å². The summed E-state index contributed by atoms with van der Waals surface area (Å²) in [6.07, 6.45) is 7.28. The monoisotopic (exact) mass is 283 g/mol. The molecule has 5 heteroatoms. The lowest BCUT2D eigenvalue weighted by Gasteiger charge is -2.36. The number of aromatic nitrogens is 2. The minimum absolute atomic E-state index is 0.500. The first-order valence-electron chi connectivity index (χ1n) is 7.12. The predicted octanol–water partition coefficient (Wildman–Crippen LogP) is 3.25. The Kier molecular flexibility index (Phi) is 5.70. The quantitative estimate of drug-likeness (QED) is 0.751. The molecule has 0 aliphatic carbocycles. The lowest BCUT2D eigenvalue weighted by Crippen LogP contribution is -2.40. The van der Waals surface area contributed by atoms with Gasteiger partial charge in [0.1, 0.15) is 12.1 Å². The molecule has 1 aromatic heterocycles. The van der Waals surface area contributed by atoms with Gasteiger partial charge in [-0.1, -0.05) is 6.92 Å². The molecule has 0 amide bonds. The van der Waals surface area contributed by atoms with Crippen LogP contribution in [0.1, 0.15) is 39.0 Å². The van der Waals surface area contributed by atoms with Gasteiger partial charge < -0.3 is 9.64 Å². The molecule has 2 heterocycles. The molecule has 0 N–H and O–H groups in total. The van der Waals surface area contributed by atoms with Crippen LogP contribution >= 0.6 is 11.6 Å². The van der Waals surface area contributed by atoms with E-state index in [1.54, 1.807) is 6.33 Å². The van der Waals surface area contributed by atoms with Crippen LogP contribution in [0.5, 0.6) is 5.88 Å². The van der Waals surface area contributed by atoms with Crippen LogP contribution < -0.4 is 9.64 Å². The number of alkyl halides is 1. The molecule has 106 valence electrons. The van der Waals surface area contributed by atoms with Crippen molar-refractivity contribution >= 4 is 17.4 Å². The molecule has 0 aromatic carbocycles. The number of rotatable bonds is 6. The van der Waals surface area contributed by atoms with Crippen molar-refractivity contribution in [2.45, 2.75) is 45.1 Å². The summed E-state index contributed by atoms with van der Waals surface area (Å²) in [4.78, 5) is 10.9. The van der Waals surface area contributed by atoms with Crippen molar-refractivity contribution in [1.82, 2.24) is 9.97 Å². The third kappa shape index (κ3) is 3.96. The molecule has 4 nitrogen and oxygen atoms in total. The average Bonchev–Trinajstić information content (AvgIpc) is 2.46. The van der Waals surface area contributed by atoms with Gasteiger partial charge in [0.2, 0.25) is 5.88 Å². The topological polar surface area (TPSA) is 38.2 Å². The zero-order valence-corrected chi connectivity index (χ0v) is 12.3. The van der Waals surface area contributed by atoms with E-state index >= 15 is 0 Å². The SMILES string of the molecule is CCCOc1cc(N2CCCCC2CCCl)ncn1. The Labute approximate surface area is 120 Å². The van der Waals surface area contributed by atoms with Gasteiger partial charge in [-0.15, -0.1) is 11.6 Å². The summed E-state index contributed by atoms with van der Waals surface area (Å²) in [7, 11) is 0. The number of nitrogens with zero attached hydrogens (tertiary/aromatic N) is 3. The summed E-state index contributed by atoms with van der Waals surface area (Å²) < 4.78 is 5.58. The van der Waals surface area contributed by atoms with Gasteiger partial charge in [0.25, 0.3) is 0 Å². The fraction of sp³-hybridized carbons (Fsp3) is 0.714. The third-order valence-electron chi connectivity index (χ3n) is 3.45. The van der Waals surface area contributed by atoms with Crippen LogP contribution in [-0.4, -0.2) is 35.0 Å². The predicted molar refractivity (Wildman–Crippen MR) is 78.1 cm³/mol. The Hall–Kier alpha value is -1.03. The van der Waals surface area contributed by atoms with Crippen molar-refractivity contribution in [1.29, 1.82) is 0 Å². The standard InChI is InChI=1S/C14H22ClN3O/c1-2-9-19-14-10-13(16-11-17-14)18-8-4-3-5-12(18)6-7-15/h10-12H,2-9H2,1H3. The maximum atomic E-state index is 5.90. The molecule has 1 fully saturated rings. The molecule has 0 saturated carbocycles. The van der Waals surface area contributed by atoms with E-state index in [0.717, 1.165) is 25.2 Å². The molecule has 2 rings (SSSR count). The number of piperidine rings is 1. The number of hydrogen-bond donors (Lipinski definition) is 0. The summed E-state index contributed by atoms with van der Waals surface area (Å²) in [5.41, 5.74) is 0. The van der Waals surface area contributed by atoms with E-state index in [1.807, 2.05) is 6.07 Å². The van der Waals surface area contributed by atoms with E-state index in [-0.39, 0.29) is 0 Å². The van der Waals surface area contributed by atoms with Gasteiger partial charge in [0, 0.05) is 24.5 Å². The van der Waals surface area contributed by atoms with Gasteiger partial charge in [-0.25, -0.2) is 9.97 Å². The number of hydrogen-bond acceptors (Lipinski definition) is 4. The van der Waals surface area contributed by atoms with Crippen LogP contribution in [0.4, 0.5) is 5.82 Å². The third-order valence-corrected chi connectivity index (χ3v) is 3.66. The molecule has 19 heavy (non-hydrogen) atoms. The maximum absolute atomic E-state index is 5.90. The summed E-state index contributed by atoms with van der Waals surface area (Å²) in [5.74, 6) is 2.34. The summed E-state index contributed by atoms with van der Waals surface area (Å²) in [6.45, 7) is 3.83. The van der Waals surface area contributed by atoms with Gasteiger partial charge in [0.15, 0.2) is 0 Å². The van der Waals surface area contributed by atoms with Gasteiger partial charge in [-0.2, -0.15) is 0 Å². The van der Waals surface area contributed by atoms with Crippen molar-refractivity contribution in [2.24, 2.45) is 0 Å². The van der Waals surface area contributed by atoms with E-state index in [1.165, 1.54) is 19.3 Å². The largest absolute Gasteiger partial charge is 0.478 e. The van der Waals surface area contributed by atoms with E-state index in [4.69, 9.17) is 16.3 Å². The molecule has 1 aromatic rings. The van der Waals surface area contributed by atoms with Crippen molar-refractivity contribution < 1.29 is 4.74 Å². The highest BCUT2D eigenvalue weighted by Crippen LogP contribution is 2.26. The van der Waals surface area contributed by atoms with E-state index in [0.29, 0.717) is 24.4 Å². The average molecular weight is 284 g/mol. The molecule has 1 atom stereocenters. The molecular formula is C14H22ClN3O. The van der Waals surface area contributed by atoms with Crippen LogP contribution in [0.3, 0.4) is 0 Å². The number of ether oxygens (including phenoxy) is 1. The highest BCUT2D eigenvalue weighted by atomic mass is 35.5. The van der Waals surface area contributed by atoms with Crippen LogP contribution in [0.15, 0.2) is 12.4 Å². The lowest BCUT2D eigenvalue weighted by molar-refractivity contribution is 0.304. The summed E-state index contributed by atoms with van der Waals surface area (Å²) in [5, 5.41) is 0. The zero-order valence-electron chi connectivity index (χ0n) is 11.5. The molecule has 1 unspecified atom stereocenters. The first-order chi connectivity index (χ1) is 9.35. The minimum atomic E-state index is 0.500. The molecule has 0 spiro atoms. The minimum Gasteiger partial charge on any atom is -0.478 e. The molecule has 1 aliphatic heterocycles. The highest BCUT2D eigenvalue weighted by Gasteiger charge is 2.23. The first-order valence-corrected chi connectivity index (χ1v) is 7.66. The number of anilines is 1. The van der Waals surface area contributed by atoms with Gasteiger partial charge in [0.05, 0.1) is 6.61 Å². The molecular weight excluding hydrogens is 262 g/mol. The van der Waals surface area contributed by atoms with E-state index < -0.39 is 0 Å². The molecule has 0 bridgehead atoms. The molecule has 1 saturated heterocycles. The molecule has 0 radical (unpaired) electrons. The van der Waals surface area contributed by atoms with E-state index in [9.17, 15) is 0 Å². The first kappa shape index (κ1) is 14.4. The highest BCUT2D eigenvalue weighted by molar-refractivity contribution is 6.17. The lowest BCUT2D eigenvalue weighted by atomic mass is 10.00. The maximum Gasteiger partial charge on any atom is 0.218 e. The fourth-order valence-electron chi connectivity index (χ4n) is 2.50. The second-order valence-electron chi connectivity index (χ2n) is 4.88. The van der Waals surface area contributed by atoms with Gasteiger partial charge >= 0.3 is 0 Å². The van der Waals surface area contributed by atoms with Gasteiger partial charge in [-0.05, 0) is 32.1 Å². The smallest absolute Gasteiger partial charge is 0.218 e. The number of halogens is 1. The van der Waals surface area contributed by atoms with Crippen molar-refractivity contribution in [2.75, 3.05) is 23.9 Å². The second kappa shape index (κ2) is 7.53. The Morgan fingerprint density at radius 3 is 3.11 bits per heavy atom. The van der Waals surface area contributed by atoms with Crippen LogP contribution in [-0.2, 0) is 0 Å². The normalized spacial score (nSPS) is 19.5. The Morgan fingerprint density at radius 1 is 1.42 bits per heavy atom. The van der Waals surface area contributed by atoms with Gasteiger partial charge in [-0.3, -0.25) is 0 Å². The van der Waals surface area contributed by atoms with Crippen LogP contribution in [0.25, 0.3) is 0 Å². The fourth-order valence-corrected chi connectivity index (χ4v) is 2.75. The van der Waals surface area contributed by atoms with E-state index in [2.05, 4.69) is 21.8 Å². The van der Waals surface area contributed by atoms with Crippen molar-refractivity contribution in [3.63, 3.8) is 0 Å². The van der Waals surface area contributed by atoms with Crippen LogP contribution in [0, 0.1) is 0 Å².